The van der Waals surface area contributed by atoms with E-state index >= 15 is 4.39 Å². The van der Waals surface area contributed by atoms with Gasteiger partial charge in [0.2, 0.25) is 0 Å². The molecular weight excluding hydrogens is 343 g/mol. The van der Waals surface area contributed by atoms with Gasteiger partial charge in [0.25, 0.3) is 0 Å². The lowest BCUT2D eigenvalue weighted by molar-refractivity contribution is 0.292. The van der Waals surface area contributed by atoms with E-state index in [1.165, 1.54) is 56.9 Å². The van der Waals surface area contributed by atoms with E-state index in [-0.39, 0.29) is 5.82 Å². The minimum Gasteiger partial charge on any atom is -0.206 e. The van der Waals surface area contributed by atoms with E-state index in [0.717, 1.165) is 41.7 Å². The summed E-state index contributed by atoms with van der Waals surface area (Å²) in [5, 5.41) is 0. The van der Waals surface area contributed by atoms with Crippen molar-refractivity contribution < 1.29 is 4.39 Å². The van der Waals surface area contributed by atoms with E-state index in [1.54, 1.807) is 0 Å². The third-order valence-electron chi connectivity index (χ3n) is 7.12. The molecule has 2 aliphatic carbocycles. The Morgan fingerprint density at radius 3 is 2.21 bits per heavy atom. The molecule has 0 amide bonds. The van der Waals surface area contributed by atoms with Crippen LogP contribution in [-0.2, 0) is 0 Å². The average molecular weight is 383 g/mol. The van der Waals surface area contributed by atoms with Gasteiger partial charge in [0, 0.05) is 5.56 Å². The maximum atomic E-state index is 15.0. The van der Waals surface area contributed by atoms with Crippen molar-refractivity contribution in [3.05, 3.63) is 53.4 Å². The molecule has 2 saturated carbocycles. The fraction of sp³-hybridized carbons (Fsp3) is 0.630. The van der Waals surface area contributed by atoms with Crippen molar-refractivity contribution in [1.29, 1.82) is 0 Å². The highest BCUT2D eigenvalue weighted by Crippen LogP contribution is 2.37. The first-order valence-electron chi connectivity index (χ1n) is 11.7. The molecule has 0 aromatic heterocycles. The topological polar surface area (TPSA) is 0 Å². The van der Waals surface area contributed by atoms with Crippen LogP contribution in [0.2, 0.25) is 0 Å². The number of rotatable bonds is 6. The van der Waals surface area contributed by atoms with E-state index in [2.05, 4.69) is 45.1 Å². The van der Waals surface area contributed by atoms with Crippen LogP contribution in [0.25, 0.3) is 5.57 Å². The van der Waals surface area contributed by atoms with Crippen LogP contribution in [0, 0.1) is 23.6 Å². The van der Waals surface area contributed by atoms with Crippen LogP contribution in [0.3, 0.4) is 0 Å². The standard InChI is InChI=1S/C27H39F/c1-4-6-24(8-5-7-22-13-9-20(2)10-14-22)26-18-17-25(19-27(26)28)23-15-11-21(3)12-16-23/h5-6,8,17-23H,4,7,9-16H2,1-3H3/b8-5-,24-6+. The Bertz CT molecular complexity index is 668. The lowest BCUT2D eigenvalue weighted by Crippen LogP contribution is -2.11. The maximum absolute atomic E-state index is 15.0. The summed E-state index contributed by atoms with van der Waals surface area (Å²) in [6.07, 6.45) is 19.1. The van der Waals surface area contributed by atoms with Crippen LogP contribution in [0.5, 0.6) is 0 Å². The predicted molar refractivity (Wildman–Crippen MR) is 120 cm³/mol. The van der Waals surface area contributed by atoms with Crippen molar-refractivity contribution >= 4 is 5.57 Å². The Hall–Kier alpha value is -1.37. The zero-order chi connectivity index (χ0) is 19.9. The van der Waals surface area contributed by atoms with Gasteiger partial charge < -0.3 is 0 Å². The van der Waals surface area contributed by atoms with Crippen LogP contribution in [0.1, 0.15) is 102 Å². The van der Waals surface area contributed by atoms with E-state index in [1.807, 2.05) is 12.1 Å². The van der Waals surface area contributed by atoms with Gasteiger partial charge in [-0.15, -0.1) is 0 Å². The van der Waals surface area contributed by atoms with Gasteiger partial charge in [-0.25, -0.2) is 4.39 Å². The molecule has 0 aliphatic heterocycles. The zero-order valence-corrected chi connectivity index (χ0v) is 18.2. The molecule has 0 heterocycles. The summed E-state index contributed by atoms with van der Waals surface area (Å²) in [6, 6.07) is 6.02. The first kappa shape index (κ1) is 21.3. The van der Waals surface area contributed by atoms with Crippen LogP contribution in [-0.4, -0.2) is 0 Å². The van der Waals surface area contributed by atoms with Crippen molar-refractivity contribution in [2.24, 2.45) is 17.8 Å². The lowest BCUT2D eigenvalue weighted by atomic mass is 9.79. The van der Waals surface area contributed by atoms with Crippen molar-refractivity contribution in [3.8, 4) is 0 Å². The average Bonchev–Trinajstić information content (AvgIpc) is 2.69. The van der Waals surface area contributed by atoms with Crippen LogP contribution in [0.15, 0.2) is 36.4 Å². The highest BCUT2D eigenvalue weighted by molar-refractivity contribution is 5.74. The number of hydrogen-bond donors (Lipinski definition) is 0. The molecule has 28 heavy (non-hydrogen) atoms. The van der Waals surface area contributed by atoms with Crippen LogP contribution < -0.4 is 0 Å². The minimum atomic E-state index is -0.0491. The van der Waals surface area contributed by atoms with E-state index in [0.29, 0.717) is 5.92 Å². The molecule has 1 heteroatoms. The lowest BCUT2D eigenvalue weighted by Gasteiger charge is -2.26. The van der Waals surface area contributed by atoms with Gasteiger partial charge in [-0.3, -0.25) is 0 Å². The van der Waals surface area contributed by atoms with Gasteiger partial charge in [0.1, 0.15) is 5.82 Å². The highest BCUT2D eigenvalue weighted by Gasteiger charge is 2.21. The predicted octanol–water partition coefficient (Wildman–Crippen LogP) is 8.69. The molecule has 0 radical (unpaired) electrons. The van der Waals surface area contributed by atoms with Gasteiger partial charge >= 0.3 is 0 Å². The third-order valence-corrected chi connectivity index (χ3v) is 7.12. The normalized spacial score (nSPS) is 29.4. The Kier molecular flexibility index (Phi) is 7.94. The molecule has 0 bridgehead atoms. The number of hydrogen-bond acceptors (Lipinski definition) is 0. The molecule has 0 N–H and O–H groups in total. The first-order chi connectivity index (χ1) is 13.6. The maximum Gasteiger partial charge on any atom is 0.131 e. The molecule has 3 rings (SSSR count). The second kappa shape index (κ2) is 10.4. The summed E-state index contributed by atoms with van der Waals surface area (Å²) in [5.41, 5.74) is 3.01. The Morgan fingerprint density at radius 2 is 1.61 bits per heavy atom. The Labute approximate surface area is 172 Å². The summed E-state index contributed by atoms with van der Waals surface area (Å²) in [7, 11) is 0. The van der Waals surface area contributed by atoms with Gasteiger partial charge in [0.15, 0.2) is 0 Å². The minimum absolute atomic E-state index is 0.0491. The van der Waals surface area contributed by atoms with Crippen molar-refractivity contribution in [2.75, 3.05) is 0 Å². The summed E-state index contributed by atoms with van der Waals surface area (Å²) in [4.78, 5) is 0. The Balaban J connectivity index is 1.66. The van der Waals surface area contributed by atoms with Gasteiger partial charge in [0.05, 0.1) is 0 Å². The number of benzene rings is 1. The van der Waals surface area contributed by atoms with E-state index in [4.69, 9.17) is 0 Å². The van der Waals surface area contributed by atoms with Gasteiger partial charge in [-0.1, -0.05) is 76.8 Å². The molecule has 1 aromatic rings. The highest BCUT2D eigenvalue weighted by atomic mass is 19.1. The summed E-state index contributed by atoms with van der Waals surface area (Å²) in [6.45, 7) is 6.84. The quantitative estimate of drug-likeness (QED) is 0.432. The Morgan fingerprint density at radius 1 is 0.964 bits per heavy atom. The molecular formula is C27H39F. The third kappa shape index (κ3) is 5.82. The van der Waals surface area contributed by atoms with Crippen molar-refractivity contribution in [3.63, 3.8) is 0 Å². The number of halogens is 1. The van der Waals surface area contributed by atoms with Gasteiger partial charge in [-0.05, 0) is 79.4 Å². The van der Waals surface area contributed by atoms with Crippen molar-refractivity contribution in [2.45, 2.75) is 90.9 Å². The second-order valence-corrected chi connectivity index (χ2v) is 9.53. The fourth-order valence-electron chi connectivity index (χ4n) is 5.05. The number of allylic oxidation sites excluding steroid dienone is 4. The van der Waals surface area contributed by atoms with Crippen LogP contribution in [0.4, 0.5) is 4.39 Å². The smallest absolute Gasteiger partial charge is 0.131 e. The summed E-state index contributed by atoms with van der Waals surface area (Å²) >= 11 is 0. The zero-order valence-electron chi connectivity index (χ0n) is 18.2. The summed E-state index contributed by atoms with van der Waals surface area (Å²) < 4.78 is 15.0. The molecule has 0 spiro atoms. The second-order valence-electron chi connectivity index (χ2n) is 9.53. The molecule has 154 valence electrons. The SMILES string of the molecule is CC/C=C(\C=C/CC1CCC(C)CC1)c1ccc(C2CCC(C)CC2)cc1F. The molecule has 0 atom stereocenters. The first-order valence-corrected chi connectivity index (χ1v) is 11.7. The molecule has 0 saturated heterocycles. The van der Waals surface area contributed by atoms with E-state index < -0.39 is 0 Å². The van der Waals surface area contributed by atoms with Crippen LogP contribution >= 0.6 is 0 Å². The summed E-state index contributed by atoms with van der Waals surface area (Å²) in [5.74, 6) is 3.04. The molecule has 0 nitrogen and oxygen atoms in total. The molecule has 2 aliphatic rings. The molecule has 2 fully saturated rings. The largest absolute Gasteiger partial charge is 0.206 e. The van der Waals surface area contributed by atoms with Gasteiger partial charge in [-0.2, -0.15) is 0 Å². The monoisotopic (exact) mass is 382 g/mol. The fourth-order valence-corrected chi connectivity index (χ4v) is 5.05. The van der Waals surface area contributed by atoms with E-state index in [9.17, 15) is 0 Å². The molecule has 0 unspecified atom stereocenters. The van der Waals surface area contributed by atoms with Crippen molar-refractivity contribution in [1.82, 2.24) is 0 Å². The molecule has 1 aromatic carbocycles.